The smallest absolute Gasteiger partial charge is 0.244 e. The van der Waals surface area contributed by atoms with E-state index in [1.54, 1.807) is 6.92 Å². The lowest BCUT2D eigenvalue weighted by Gasteiger charge is -2.25. The molecule has 0 saturated heterocycles. The lowest BCUT2D eigenvalue weighted by atomic mass is 9.91. The highest BCUT2D eigenvalue weighted by atomic mass is 19.1. The molecule has 0 aliphatic heterocycles. The van der Waals surface area contributed by atoms with Gasteiger partial charge in [0.15, 0.2) is 0 Å². The summed E-state index contributed by atoms with van der Waals surface area (Å²) < 4.78 is 27.0. The van der Waals surface area contributed by atoms with Crippen molar-refractivity contribution in [2.45, 2.75) is 34.1 Å². The maximum Gasteiger partial charge on any atom is 0.244 e. The number of likely N-dealkylation sites (N-methyl/N-ethyl adjacent to an activating group) is 1. The Morgan fingerprint density at radius 2 is 1.73 bits per heavy atom. The number of nitrogens with one attached hydrogen (secondary N) is 1. The number of halogens is 2. The van der Waals surface area contributed by atoms with Crippen molar-refractivity contribution in [2.75, 3.05) is 18.4 Å². The lowest BCUT2D eigenvalue weighted by Crippen LogP contribution is -2.39. The zero-order valence-electron chi connectivity index (χ0n) is 13.4. The SMILES string of the molecule is CCN(CC(=O)Nc1c(F)cccc1F)C(=O)CC(C)(C)C. The number of para-hydroxylation sites is 1. The molecule has 1 aromatic carbocycles. The molecule has 0 radical (unpaired) electrons. The third-order valence-electron chi connectivity index (χ3n) is 2.98. The van der Waals surface area contributed by atoms with Crippen molar-refractivity contribution < 1.29 is 18.4 Å². The lowest BCUT2D eigenvalue weighted by molar-refractivity contribution is -0.136. The van der Waals surface area contributed by atoms with Crippen LogP contribution in [0.4, 0.5) is 14.5 Å². The van der Waals surface area contributed by atoms with Gasteiger partial charge in [0.1, 0.15) is 17.3 Å². The summed E-state index contributed by atoms with van der Waals surface area (Å²) in [5, 5.41) is 2.18. The molecule has 0 spiro atoms. The van der Waals surface area contributed by atoms with E-state index in [1.807, 2.05) is 20.8 Å². The van der Waals surface area contributed by atoms with Gasteiger partial charge in [0.2, 0.25) is 11.8 Å². The first-order valence-corrected chi connectivity index (χ1v) is 7.15. The van der Waals surface area contributed by atoms with E-state index in [9.17, 15) is 18.4 Å². The molecule has 22 heavy (non-hydrogen) atoms. The summed E-state index contributed by atoms with van der Waals surface area (Å²) in [7, 11) is 0. The van der Waals surface area contributed by atoms with Crippen LogP contribution in [0, 0.1) is 17.0 Å². The summed E-state index contributed by atoms with van der Waals surface area (Å²) >= 11 is 0. The molecule has 6 heteroatoms. The normalized spacial score (nSPS) is 11.2. The van der Waals surface area contributed by atoms with Gasteiger partial charge in [-0.3, -0.25) is 9.59 Å². The molecule has 0 saturated carbocycles. The van der Waals surface area contributed by atoms with Crippen molar-refractivity contribution in [3.63, 3.8) is 0 Å². The largest absolute Gasteiger partial charge is 0.334 e. The number of anilines is 1. The van der Waals surface area contributed by atoms with Gasteiger partial charge in [0.25, 0.3) is 0 Å². The minimum atomic E-state index is -0.850. The average Bonchev–Trinajstić information content (AvgIpc) is 2.38. The first-order valence-electron chi connectivity index (χ1n) is 7.15. The zero-order chi connectivity index (χ0) is 16.9. The van der Waals surface area contributed by atoms with Crippen LogP contribution < -0.4 is 5.32 Å². The van der Waals surface area contributed by atoms with E-state index in [2.05, 4.69) is 5.32 Å². The van der Waals surface area contributed by atoms with Gasteiger partial charge in [0, 0.05) is 13.0 Å². The van der Waals surface area contributed by atoms with Crippen molar-refractivity contribution in [3.05, 3.63) is 29.8 Å². The summed E-state index contributed by atoms with van der Waals surface area (Å²) in [6.45, 7) is 7.63. The van der Waals surface area contributed by atoms with Crippen LogP contribution in [0.3, 0.4) is 0 Å². The van der Waals surface area contributed by atoms with Crippen LogP contribution in [-0.2, 0) is 9.59 Å². The van der Waals surface area contributed by atoms with E-state index in [1.165, 1.54) is 11.0 Å². The molecule has 1 rings (SSSR count). The fourth-order valence-corrected chi connectivity index (χ4v) is 1.91. The van der Waals surface area contributed by atoms with Gasteiger partial charge < -0.3 is 10.2 Å². The number of rotatable bonds is 5. The molecular weight excluding hydrogens is 290 g/mol. The Morgan fingerprint density at radius 3 is 2.18 bits per heavy atom. The van der Waals surface area contributed by atoms with Gasteiger partial charge in [-0.2, -0.15) is 0 Å². The van der Waals surface area contributed by atoms with Crippen molar-refractivity contribution in [3.8, 4) is 0 Å². The van der Waals surface area contributed by atoms with Gasteiger partial charge in [0.05, 0.1) is 6.54 Å². The highest BCUT2D eigenvalue weighted by Crippen LogP contribution is 2.20. The monoisotopic (exact) mass is 312 g/mol. The maximum absolute atomic E-state index is 13.5. The summed E-state index contributed by atoms with van der Waals surface area (Å²) in [6, 6.07) is 3.33. The Kier molecular flexibility index (Phi) is 6.02. The maximum atomic E-state index is 13.5. The van der Waals surface area contributed by atoms with Gasteiger partial charge in [-0.15, -0.1) is 0 Å². The second kappa shape index (κ2) is 7.33. The van der Waals surface area contributed by atoms with Crippen molar-refractivity contribution >= 4 is 17.5 Å². The predicted molar refractivity (Wildman–Crippen MR) is 81.3 cm³/mol. The summed E-state index contributed by atoms with van der Waals surface area (Å²) in [6.07, 6.45) is 0.294. The van der Waals surface area contributed by atoms with Crippen LogP contribution in [0.2, 0.25) is 0 Å². The summed E-state index contributed by atoms with van der Waals surface area (Å²) in [5.74, 6) is -2.50. The number of benzene rings is 1. The van der Waals surface area contributed by atoms with Gasteiger partial charge in [-0.1, -0.05) is 26.8 Å². The standard InChI is InChI=1S/C16H22F2N2O2/c1-5-20(14(22)9-16(2,3)4)10-13(21)19-15-11(17)7-6-8-12(15)18/h6-8H,5,9-10H2,1-4H3,(H,19,21). The Hall–Kier alpha value is -1.98. The summed E-state index contributed by atoms with van der Waals surface area (Å²) in [4.78, 5) is 25.4. The molecule has 0 aromatic heterocycles. The molecule has 0 aliphatic rings. The quantitative estimate of drug-likeness (QED) is 0.908. The number of nitrogens with zero attached hydrogens (tertiary/aromatic N) is 1. The van der Waals surface area contributed by atoms with E-state index in [-0.39, 0.29) is 17.9 Å². The molecule has 1 N–H and O–H groups in total. The van der Waals surface area contributed by atoms with Gasteiger partial charge in [-0.05, 0) is 24.5 Å². The summed E-state index contributed by atoms with van der Waals surface area (Å²) in [5.41, 5.74) is -0.689. The van der Waals surface area contributed by atoms with Crippen LogP contribution in [0.25, 0.3) is 0 Å². The fourth-order valence-electron chi connectivity index (χ4n) is 1.91. The molecular formula is C16H22F2N2O2. The minimum Gasteiger partial charge on any atom is -0.334 e. The van der Waals surface area contributed by atoms with Crippen LogP contribution in [0.1, 0.15) is 34.1 Å². The first kappa shape index (κ1) is 18.1. The Morgan fingerprint density at radius 1 is 1.18 bits per heavy atom. The van der Waals surface area contributed by atoms with Crippen LogP contribution in [-0.4, -0.2) is 29.8 Å². The number of amides is 2. The van der Waals surface area contributed by atoms with E-state index in [0.717, 1.165) is 12.1 Å². The molecule has 0 heterocycles. The second-order valence-electron chi connectivity index (χ2n) is 6.29. The Balaban J connectivity index is 2.72. The zero-order valence-corrected chi connectivity index (χ0v) is 13.4. The molecule has 0 bridgehead atoms. The Bertz CT molecular complexity index is 533. The number of hydrogen-bond donors (Lipinski definition) is 1. The topological polar surface area (TPSA) is 49.4 Å². The first-order chi connectivity index (χ1) is 10.1. The van der Waals surface area contributed by atoms with Gasteiger partial charge in [-0.25, -0.2) is 8.78 Å². The molecule has 0 aliphatic carbocycles. The fraction of sp³-hybridized carbons (Fsp3) is 0.500. The Labute approximate surface area is 129 Å². The number of carbonyl (C=O) groups excluding carboxylic acids is 2. The van der Waals surface area contributed by atoms with Crippen molar-refractivity contribution in [2.24, 2.45) is 5.41 Å². The predicted octanol–water partition coefficient (Wildman–Crippen LogP) is 3.19. The van der Waals surface area contributed by atoms with Crippen molar-refractivity contribution in [1.82, 2.24) is 4.90 Å². The molecule has 0 atom stereocenters. The number of hydrogen-bond acceptors (Lipinski definition) is 2. The van der Waals surface area contributed by atoms with Crippen LogP contribution in [0.15, 0.2) is 18.2 Å². The minimum absolute atomic E-state index is 0.167. The molecule has 0 unspecified atom stereocenters. The molecule has 2 amide bonds. The third-order valence-corrected chi connectivity index (χ3v) is 2.98. The third kappa shape index (κ3) is 5.42. The average molecular weight is 312 g/mol. The van der Waals surface area contributed by atoms with Crippen molar-refractivity contribution in [1.29, 1.82) is 0 Å². The highest BCUT2D eigenvalue weighted by Gasteiger charge is 2.22. The van der Waals surface area contributed by atoms with E-state index >= 15 is 0 Å². The van der Waals surface area contributed by atoms with E-state index in [0.29, 0.717) is 13.0 Å². The van der Waals surface area contributed by atoms with Gasteiger partial charge >= 0.3 is 0 Å². The van der Waals surface area contributed by atoms with E-state index in [4.69, 9.17) is 0 Å². The highest BCUT2D eigenvalue weighted by molar-refractivity contribution is 5.94. The van der Waals surface area contributed by atoms with E-state index < -0.39 is 23.2 Å². The molecule has 1 aromatic rings. The second-order valence-corrected chi connectivity index (χ2v) is 6.29. The molecule has 122 valence electrons. The molecule has 0 fully saturated rings. The van der Waals surface area contributed by atoms with Crippen LogP contribution >= 0.6 is 0 Å². The van der Waals surface area contributed by atoms with Crippen LogP contribution in [0.5, 0.6) is 0 Å². The molecule has 4 nitrogen and oxygen atoms in total. The number of carbonyl (C=O) groups is 2.